The first-order valence-electron chi connectivity index (χ1n) is 5.56. The van der Waals surface area contributed by atoms with E-state index in [1.165, 1.54) is 12.1 Å². The molecule has 0 heterocycles. The van der Waals surface area contributed by atoms with E-state index >= 15 is 0 Å². The van der Waals surface area contributed by atoms with E-state index in [4.69, 9.17) is 11.6 Å². The molecule has 0 unspecified atom stereocenters. The van der Waals surface area contributed by atoms with Gasteiger partial charge in [0, 0.05) is 14.7 Å². The van der Waals surface area contributed by atoms with Crippen LogP contribution in [0.4, 0.5) is 17.6 Å². The summed E-state index contributed by atoms with van der Waals surface area (Å²) < 4.78 is 51.6. The zero-order valence-electron chi connectivity index (χ0n) is 10.1. The fourth-order valence-corrected chi connectivity index (χ4v) is 2.21. The molecule has 0 aliphatic carbocycles. The minimum atomic E-state index is -4.79. The molecule has 0 spiro atoms. The topological polar surface area (TPSA) is 17.1 Å². The summed E-state index contributed by atoms with van der Waals surface area (Å²) in [6, 6.07) is 6.54. The Bertz CT molecular complexity index is 713. The molecule has 0 aliphatic heterocycles. The maximum atomic E-state index is 13.5. The van der Waals surface area contributed by atoms with Gasteiger partial charge in [-0.1, -0.05) is 17.7 Å². The molecule has 2 rings (SSSR count). The van der Waals surface area contributed by atoms with Crippen LogP contribution in [0.2, 0.25) is 5.02 Å². The summed E-state index contributed by atoms with van der Waals surface area (Å²) in [5.41, 5.74) is -1.39. The summed E-state index contributed by atoms with van der Waals surface area (Å²) in [4.78, 5) is 12.1. The largest absolute Gasteiger partial charge is 0.419 e. The fourth-order valence-electron chi connectivity index (χ4n) is 1.69. The van der Waals surface area contributed by atoms with Crippen LogP contribution in [-0.4, -0.2) is 5.78 Å². The van der Waals surface area contributed by atoms with Crippen LogP contribution in [0.3, 0.4) is 0 Å². The van der Waals surface area contributed by atoms with Gasteiger partial charge in [-0.15, -0.1) is 0 Å². The summed E-state index contributed by atoms with van der Waals surface area (Å²) in [7, 11) is 0. The Morgan fingerprint density at radius 1 is 1.05 bits per heavy atom. The van der Waals surface area contributed by atoms with Gasteiger partial charge in [-0.2, -0.15) is 13.2 Å². The van der Waals surface area contributed by atoms with Crippen molar-refractivity contribution in [2.45, 2.75) is 6.18 Å². The molecule has 2 aromatic carbocycles. The van der Waals surface area contributed by atoms with Crippen molar-refractivity contribution >= 4 is 40.0 Å². The Morgan fingerprint density at radius 2 is 1.62 bits per heavy atom. The van der Waals surface area contributed by atoms with Crippen LogP contribution < -0.4 is 0 Å². The lowest BCUT2D eigenvalue weighted by Crippen LogP contribution is -2.10. The van der Waals surface area contributed by atoms with Crippen LogP contribution in [-0.2, 0) is 6.18 Å². The van der Waals surface area contributed by atoms with Gasteiger partial charge in [0.15, 0.2) is 5.78 Å². The van der Waals surface area contributed by atoms with Crippen LogP contribution >= 0.6 is 34.2 Å². The Kier molecular flexibility index (Phi) is 4.57. The summed E-state index contributed by atoms with van der Waals surface area (Å²) in [5, 5.41) is 0.342. The van der Waals surface area contributed by atoms with E-state index in [1.807, 2.05) is 22.6 Å². The molecular formula is C14H6ClF4IO. The second kappa shape index (κ2) is 5.92. The summed E-state index contributed by atoms with van der Waals surface area (Å²) in [5.74, 6) is -2.08. The van der Waals surface area contributed by atoms with Gasteiger partial charge < -0.3 is 0 Å². The van der Waals surface area contributed by atoms with Crippen molar-refractivity contribution in [3.05, 3.63) is 67.5 Å². The second-order valence-corrected chi connectivity index (χ2v) is 5.72. The van der Waals surface area contributed by atoms with Crippen molar-refractivity contribution < 1.29 is 22.4 Å². The van der Waals surface area contributed by atoms with Crippen molar-refractivity contribution in [1.29, 1.82) is 0 Å². The van der Waals surface area contributed by atoms with Gasteiger partial charge in [-0.25, -0.2) is 4.39 Å². The molecule has 110 valence electrons. The van der Waals surface area contributed by atoms with E-state index in [9.17, 15) is 22.4 Å². The van der Waals surface area contributed by atoms with Gasteiger partial charge >= 0.3 is 6.18 Å². The molecule has 0 amide bonds. The molecule has 0 radical (unpaired) electrons. The van der Waals surface area contributed by atoms with E-state index in [2.05, 4.69) is 0 Å². The van der Waals surface area contributed by atoms with E-state index in [0.717, 1.165) is 9.64 Å². The summed E-state index contributed by atoms with van der Waals surface area (Å²) in [6.45, 7) is 0. The number of benzene rings is 2. The maximum absolute atomic E-state index is 13.5. The zero-order chi connectivity index (χ0) is 15.8. The monoisotopic (exact) mass is 428 g/mol. The highest BCUT2D eigenvalue weighted by Gasteiger charge is 2.34. The third kappa shape index (κ3) is 3.55. The summed E-state index contributed by atoms with van der Waals surface area (Å²) >= 11 is 7.85. The molecule has 0 N–H and O–H groups in total. The Balaban J connectivity index is 2.40. The van der Waals surface area contributed by atoms with Crippen molar-refractivity contribution in [2.24, 2.45) is 0 Å². The van der Waals surface area contributed by atoms with E-state index in [0.29, 0.717) is 17.2 Å². The van der Waals surface area contributed by atoms with Gasteiger partial charge in [0.2, 0.25) is 0 Å². The van der Waals surface area contributed by atoms with Gasteiger partial charge in [0.05, 0.1) is 10.6 Å². The standard InChI is InChI=1S/C14H6ClF4IO/c15-10-5-7(2-4-12(10)20)13(21)8-1-3-9(11(16)6-8)14(17,18)19/h1-6H. The molecule has 0 fully saturated rings. The van der Waals surface area contributed by atoms with Gasteiger partial charge in [0.25, 0.3) is 0 Å². The SMILES string of the molecule is O=C(c1ccc(C(F)(F)F)c(F)c1)c1ccc(I)c(Cl)c1. The lowest BCUT2D eigenvalue weighted by Gasteiger charge is -2.09. The molecule has 0 atom stereocenters. The highest BCUT2D eigenvalue weighted by atomic mass is 127. The molecular weight excluding hydrogens is 423 g/mol. The maximum Gasteiger partial charge on any atom is 0.419 e. The van der Waals surface area contributed by atoms with E-state index < -0.39 is 23.3 Å². The number of rotatable bonds is 2. The molecule has 0 saturated carbocycles. The minimum absolute atomic E-state index is 0.169. The predicted molar refractivity (Wildman–Crippen MR) is 79.0 cm³/mol. The first-order chi connectivity index (χ1) is 9.70. The molecule has 21 heavy (non-hydrogen) atoms. The molecule has 2 aromatic rings. The number of alkyl halides is 3. The van der Waals surface area contributed by atoms with Crippen LogP contribution in [0, 0.1) is 9.39 Å². The molecule has 7 heteroatoms. The highest BCUT2D eigenvalue weighted by molar-refractivity contribution is 14.1. The number of hydrogen-bond acceptors (Lipinski definition) is 1. The van der Waals surface area contributed by atoms with Crippen LogP contribution in [0.25, 0.3) is 0 Å². The number of hydrogen-bond donors (Lipinski definition) is 0. The predicted octanol–water partition coefficient (Wildman–Crippen LogP) is 5.33. The van der Waals surface area contributed by atoms with Crippen LogP contribution in [0.15, 0.2) is 36.4 Å². The normalized spacial score (nSPS) is 11.5. The van der Waals surface area contributed by atoms with Gasteiger partial charge in [-0.3, -0.25) is 4.79 Å². The fraction of sp³-hybridized carbons (Fsp3) is 0.0714. The Morgan fingerprint density at radius 3 is 2.14 bits per heavy atom. The van der Waals surface area contributed by atoms with Crippen molar-refractivity contribution in [2.75, 3.05) is 0 Å². The number of ketones is 1. The average molecular weight is 429 g/mol. The summed E-state index contributed by atoms with van der Waals surface area (Å²) in [6.07, 6.45) is -4.79. The quantitative estimate of drug-likeness (QED) is 0.359. The molecule has 0 aromatic heterocycles. The van der Waals surface area contributed by atoms with Crippen molar-refractivity contribution in [3.8, 4) is 0 Å². The van der Waals surface area contributed by atoms with Crippen LogP contribution in [0.1, 0.15) is 21.5 Å². The van der Waals surface area contributed by atoms with Crippen molar-refractivity contribution in [3.63, 3.8) is 0 Å². The Hall–Kier alpha value is -1.15. The molecule has 0 aliphatic rings. The Labute approximate surface area is 136 Å². The van der Waals surface area contributed by atoms with E-state index in [-0.39, 0.29) is 11.1 Å². The minimum Gasteiger partial charge on any atom is -0.289 e. The number of carbonyl (C=O) groups excluding carboxylic acids is 1. The first-order valence-corrected chi connectivity index (χ1v) is 7.02. The highest BCUT2D eigenvalue weighted by Crippen LogP contribution is 2.32. The third-order valence-corrected chi connectivity index (χ3v) is 4.29. The smallest absolute Gasteiger partial charge is 0.289 e. The first kappa shape index (κ1) is 16.2. The molecule has 1 nitrogen and oxygen atoms in total. The van der Waals surface area contributed by atoms with E-state index in [1.54, 1.807) is 6.07 Å². The molecule has 0 saturated heterocycles. The third-order valence-electron chi connectivity index (χ3n) is 2.72. The zero-order valence-corrected chi connectivity index (χ0v) is 13.1. The second-order valence-electron chi connectivity index (χ2n) is 4.15. The van der Waals surface area contributed by atoms with Gasteiger partial charge in [0.1, 0.15) is 5.82 Å². The van der Waals surface area contributed by atoms with Crippen molar-refractivity contribution in [1.82, 2.24) is 0 Å². The lowest BCUT2D eigenvalue weighted by atomic mass is 10.0. The molecule has 0 bridgehead atoms. The lowest BCUT2D eigenvalue weighted by molar-refractivity contribution is -0.140. The number of carbonyl (C=O) groups is 1. The van der Waals surface area contributed by atoms with Gasteiger partial charge in [-0.05, 0) is 52.9 Å². The number of halogens is 6. The average Bonchev–Trinajstić information content (AvgIpc) is 2.39. The van der Waals surface area contributed by atoms with Crippen LogP contribution in [0.5, 0.6) is 0 Å².